The van der Waals surface area contributed by atoms with Crippen LogP contribution in [-0.4, -0.2) is 44.2 Å². The van der Waals surface area contributed by atoms with Gasteiger partial charge in [0.05, 0.1) is 35.0 Å². The van der Waals surface area contributed by atoms with Gasteiger partial charge in [0.2, 0.25) is 0 Å². The van der Waals surface area contributed by atoms with Crippen LogP contribution in [0.5, 0.6) is 0 Å². The summed E-state index contributed by atoms with van der Waals surface area (Å²) < 4.78 is 7.95. The zero-order valence-electron chi connectivity index (χ0n) is 16.7. The van der Waals surface area contributed by atoms with Crippen LogP contribution in [0.15, 0.2) is 18.3 Å². The molecule has 0 bridgehead atoms. The van der Waals surface area contributed by atoms with Gasteiger partial charge in [-0.15, -0.1) is 0 Å². The Labute approximate surface area is 163 Å². The Morgan fingerprint density at radius 2 is 2.25 bits per heavy atom. The minimum absolute atomic E-state index is 0.133. The van der Waals surface area contributed by atoms with E-state index >= 15 is 0 Å². The largest absolute Gasteiger partial charge is 0.369 e. The van der Waals surface area contributed by atoms with Crippen molar-refractivity contribution < 1.29 is 4.74 Å². The summed E-state index contributed by atoms with van der Waals surface area (Å²) in [7, 11) is 0. The van der Waals surface area contributed by atoms with Crippen molar-refractivity contribution in [2.45, 2.75) is 51.8 Å². The number of fused-ring (bicyclic) bond motifs is 1. The Morgan fingerprint density at radius 3 is 2.89 bits per heavy atom. The van der Waals surface area contributed by atoms with Gasteiger partial charge in [0.1, 0.15) is 17.3 Å². The number of aromatic nitrogens is 5. The van der Waals surface area contributed by atoms with Gasteiger partial charge in [-0.25, -0.2) is 4.98 Å². The first-order valence-corrected chi connectivity index (χ1v) is 9.64. The lowest BCUT2D eigenvalue weighted by atomic mass is 9.84. The highest BCUT2D eigenvalue weighted by molar-refractivity contribution is 5.92. The lowest BCUT2D eigenvalue weighted by Gasteiger charge is -2.31. The minimum atomic E-state index is -0.695. The predicted molar refractivity (Wildman–Crippen MR) is 106 cm³/mol. The number of hydrogen-bond donors (Lipinski definition) is 2. The second kappa shape index (κ2) is 7.00. The highest BCUT2D eigenvalue weighted by atomic mass is 16.5. The van der Waals surface area contributed by atoms with Crippen molar-refractivity contribution in [3.63, 3.8) is 0 Å². The molecule has 2 N–H and O–H groups in total. The van der Waals surface area contributed by atoms with E-state index in [0.29, 0.717) is 13.2 Å². The summed E-state index contributed by atoms with van der Waals surface area (Å²) in [6.07, 6.45) is 1.53. The van der Waals surface area contributed by atoms with Crippen LogP contribution in [0.25, 0.3) is 22.4 Å². The zero-order valence-corrected chi connectivity index (χ0v) is 16.7. The van der Waals surface area contributed by atoms with Crippen molar-refractivity contribution in [1.29, 1.82) is 5.26 Å². The molecule has 1 fully saturated rings. The third-order valence-electron chi connectivity index (χ3n) is 5.34. The Kier molecular flexibility index (Phi) is 4.65. The van der Waals surface area contributed by atoms with E-state index in [9.17, 15) is 5.26 Å². The molecule has 28 heavy (non-hydrogen) atoms. The molecule has 0 aliphatic carbocycles. The van der Waals surface area contributed by atoms with E-state index < -0.39 is 5.41 Å². The van der Waals surface area contributed by atoms with Crippen LogP contribution in [0, 0.1) is 11.3 Å². The maximum Gasteiger partial charge on any atom is 0.136 e. The van der Waals surface area contributed by atoms with Crippen molar-refractivity contribution in [2.75, 3.05) is 13.2 Å². The van der Waals surface area contributed by atoms with E-state index in [1.165, 1.54) is 0 Å². The summed E-state index contributed by atoms with van der Waals surface area (Å²) in [5, 5.41) is 25.1. The molecule has 0 spiro atoms. The molecule has 146 valence electrons. The molecule has 0 aromatic carbocycles. The molecule has 1 aliphatic heterocycles. The van der Waals surface area contributed by atoms with Crippen molar-refractivity contribution in [1.82, 2.24) is 30.3 Å². The SMILES string of the molecule is CCn1nc(-c2ccn[nH]2)c2nc(C3OCCNC3C)cc(C(C)(C)C#N)c21. The van der Waals surface area contributed by atoms with Gasteiger partial charge < -0.3 is 10.1 Å². The molecule has 0 radical (unpaired) electrons. The van der Waals surface area contributed by atoms with E-state index in [0.717, 1.165) is 40.2 Å². The van der Waals surface area contributed by atoms with Crippen molar-refractivity contribution in [2.24, 2.45) is 0 Å². The van der Waals surface area contributed by atoms with E-state index in [4.69, 9.17) is 14.8 Å². The standard InChI is InChI=1S/C20H25N7O/c1-5-27-18-13(20(3,4)11-21)10-15(19-12(2)22-8-9-28-19)24-17(18)16(26-27)14-6-7-23-25-14/h6-7,10,12,19,22H,5,8-9H2,1-4H3,(H,23,25). The molecular weight excluding hydrogens is 354 g/mol. The third-order valence-corrected chi connectivity index (χ3v) is 5.34. The molecule has 8 heteroatoms. The second-order valence-electron chi connectivity index (χ2n) is 7.70. The molecule has 2 atom stereocenters. The fraction of sp³-hybridized carbons (Fsp3) is 0.500. The number of nitriles is 1. The maximum absolute atomic E-state index is 9.85. The highest BCUT2D eigenvalue weighted by Gasteiger charge is 2.32. The van der Waals surface area contributed by atoms with E-state index in [1.807, 2.05) is 37.6 Å². The summed E-state index contributed by atoms with van der Waals surface area (Å²) in [5.41, 5.74) is 4.24. The molecule has 8 nitrogen and oxygen atoms in total. The molecular formula is C20H25N7O. The number of H-pyrrole nitrogens is 1. The minimum Gasteiger partial charge on any atom is -0.369 e. The van der Waals surface area contributed by atoms with Crippen molar-refractivity contribution >= 4 is 11.0 Å². The number of ether oxygens (including phenoxy) is 1. The number of rotatable bonds is 4. The topological polar surface area (TPSA) is 104 Å². The molecule has 1 aliphatic rings. The molecule has 3 aromatic heterocycles. The van der Waals surface area contributed by atoms with Gasteiger partial charge in [0.25, 0.3) is 0 Å². The van der Waals surface area contributed by atoms with Gasteiger partial charge in [-0.3, -0.25) is 9.78 Å². The maximum atomic E-state index is 9.85. The smallest absolute Gasteiger partial charge is 0.136 e. The van der Waals surface area contributed by atoms with Crippen LogP contribution in [0.2, 0.25) is 0 Å². The molecule has 0 saturated carbocycles. The number of pyridine rings is 1. The van der Waals surface area contributed by atoms with E-state index in [-0.39, 0.29) is 12.1 Å². The third kappa shape index (κ3) is 2.97. The van der Waals surface area contributed by atoms with Crippen LogP contribution in [0.4, 0.5) is 0 Å². The van der Waals surface area contributed by atoms with Crippen LogP contribution in [0.3, 0.4) is 0 Å². The van der Waals surface area contributed by atoms with Crippen LogP contribution in [-0.2, 0) is 16.7 Å². The molecule has 0 amide bonds. The fourth-order valence-corrected chi connectivity index (χ4v) is 3.75. The average molecular weight is 379 g/mol. The summed E-state index contributed by atoms with van der Waals surface area (Å²) in [5.74, 6) is 0. The summed E-state index contributed by atoms with van der Waals surface area (Å²) in [6.45, 7) is 10.1. The predicted octanol–water partition coefficient (Wildman–Crippen LogP) is 2.69. The lowest BCUT2D eigenvalue weighted by Crippen LogP contribution is -2.41. The first-order chi connectivity index (χ1) is 13.5. The number of hydrogen-bond acceptors (Lipinski definition) is 6. The van der Waals surface area contributed by atoms with Gasteiger partial charge in [-0.2, -0.15) is 15.5 Å². The number of nitrogens with one attached hydrogen (secondary N) is 2. The first kappa shape index (κ1) is 18.6. The molecule has 1 saturated heterocycles. The molecule has 4 heterocycles. The van der Waals surface area contributed by atoms with Crippen LogP contribution < -0.4 is 5.32 Å². The van der Waals surface area contributed by atoms with Gasteiger partial charge >= 0.3 is 0 Å². The van der Waals surface area contributed by atoms with Gasteiger partial charge in [0, 0.05) is 30.9 Å². The lowest BCUT2D eigenvalue weighted by molar-refractivity contribution is -0.00268. The number of aryl methyl sites for hydroxylation is 1. The Morgan fingerprint density at radius 1 is 1.43 bits per heavy atom. The Bertz CT molecular complexity index is 1030. The quantitative estimate of drug-likeness (QED) is 0.722. The van der Waals surface area contributed by atoms with Gasteiger partial charge in [-0.05, 0) is 39.8 Å². The number of nitrogens with zero attached hydrogens (tertiary/aromatic N) is 5. The molecule has 4 rings (SSSR count). The Hall–Kier alpha value is -2.76. The second-order valence-corrected chi connectivity index (χ2v) is 7.70. The first-order valence-electron chi connectivity index (χ1n) is 9.64. The molecule has 3 aromatic rings. The average Bonchev–Trinajstić information content (AvgIpc) is 3.35. The normalized spacial score (nSPS) is 20.4. The fourth-order valence-electron chi connectivity index (χ4n) is 3.75. The Balaban J connectivity index is 2.03. The number of aromatic amines is 1. The zero-order chi connectivity index (χ0) is 19.9. The molecule has 2 unspecified atom stereocenters. The summed E-state index contributed by atoms with van der Waals surface area (Å²) in [4.78, 5) is 4.98. The van der Waals surface area contributed by atoms with Crippen molar-refractivity contribution in [3.8, 4) is 17.5 Å². The van der Waals surface area contributed by atoms with E-state index in [2.05, 4.69) is 28.5 Å². The highest BCUT2D eigenvalue weighted by Crippen LogP contribution is 2.36. The number of morpholine rings is 1. The van der Waals surface area contributed by atoms with E-state index in [1.54, 1.807) is 6.20 Å². The summed E-state index contributed by atoms with van der Waals surface area (Å²) >= 11 is 0. The summed E-state index contributed by atoms with van der Waals surface area (Å²) in [6, 6.07) is 6.47. The van der Waals surface area contributed by atoms with Crippen molar-refractivity contribution in [3.05, 3.63) is 29.6 Å². The monoisotopic (exact) mass is 379 g/mol. The van der Waals surface area contributed by atoms with Crippen LogP contribution >= 0.6 is 0 Å². The van der Waals surface area contributed by atoms with Crippen LogP contribution in [0.1, 0.15) is 45.1 Å². The van der Waals surface area contributed by atoms with Gasteiger partial charge in [0.15, 0.2) is 0 Å². The van der Waals surface area contributed by atoms with Gasteiger partial charge in [-0.1, -0.05) is 0 Å².